The highest BCUT2D eigenvalue weighted by atomic mass is 32.2. The zero-order valence-electron chi connectivity index (χ0n) is 15.5. The van der Waals surface area contributed by atoms with Gasteiger partial charge in [0.2, 0.25) is 10.0 Å². The molecule has 1 heterocycles. The van der Waals surface area contributed by atoms with Gasteiger partial charge in [-0.25, -0.2) is 12.4 Å². The van der Waals surface area contributed by atoms with Gasteiger partial charge in [-0.05, 0) is 38.3 Å². The van der Waals surface area contributed by atoms with Gasteiger partial charge in [0.15, 0.2) is 0 Å². The van der Waals surface area contributed by atoms with Crippen molar-refractivity contribution >= 4 is 26.9 Å². The van der Waals surface area contributed by atoms with E-state index in [1.54, 1.807) is 32.2 Å². The lowest BCUT2D eigenvalue weighted by Gasteiger charge is -2.27. The van der Waals surface area contributed by atoms with Crippen molar-refractivity contribution in [3.05, 3.63) is 60.3 Å². The average molecular weight is 385 g/mol. The molecule has 0 aliphatic heterocycles. The van der Waals surface area contributed by atoms with Crippen molar-refractivity contribution in [3.63, 3.8) is 0 Å². The molecule has 0 bridgehead atoms. The third-order valence-electron chi connectivity index (χ3n) is 5.55. The van der Waals surface area contributed by atoms with Crippen LogP contribution in [0.25, 0.3) is 10.9 Å². The Balaban J connectivity index is 1.79. The summed E-state index contributed by atoms with van der Waals surface area (Å²) in [5, 5.41) is 0.865. The van der Waals surface area contributed by atoms with Crippen molar-refractivity contribution in [3.8, 4) is 0 Å². The first-order chi connectivity index (χ1) is 12.9. The Kier molecular flexibility index (Phi) is 4.26. The summed E-state index contributed by atoms with van der Waals surface area (Å²) in [7, 11) is -3.66. The second-order valence-electron chi connectivity index (χ2n) is 7.41. The Morgan fingerprint density at radius 3 is 2.81 bits per heavy atom. The third kappa shape index (κ3) is 2.83. The zero-order chi connectivity index (χ0) is 19.2. The van der Waals surface area contributed by atoms with Crippen LogP contribution in [-0.4, -0.2) is 29.7 Å². The van der Waals surface area contributed by atoms with Crippen molar-refractivity contribution in [2.24, 2.45) is 5.92 Å². The van der Waals surface area contributed by atoms with Crippen LogP contribution >= 0.6 is 0 Å². The first kappa shape index (κ1) is 18.0. The Morgan fingerprint density at radius 1 is 1.30 bits per heavy atom. The SMILES string of the molecule is CCOC(=O)[C@@H]1C[C@H]1c1cccc2ccn(S(=O)(=O)C3(C)C=CC=CC3)c12. The zero-order valence-corrected chi connectivity index (χ0v) is 16.3. The van der Waals surface area contributed by atoms with Crippen molar-refractivity contribution < 1.29 is 17.9 Å². The number of benzene rings is 1. The highest BCUT2D eigenvalue weighted by Crippen LogP contribution is 2.50. The number of allylic oxidation sites excluding steroid dienone is 3. The molecule has 0 spiro atoms. The summed E-state index contributed by atoms with van der Waals surface area (Å²) >= 11 is 0. The summed E-state index contributed by atoms with van der Waals surface area (Å²) in [4.78, 5) is 12.1. The van der Waals surface area contributed by atoms with Crippen LogP contribution in [0.4, 0.5) is 0 Å². The minimum Gasteiger partial charge on any atom is -0.466 e. The molecule has 1 aromatic carbocycles. The van der Waals surface area contributed by atoms with Gasteiger partial charge in [-0.2, -0.15) is 0 Å². The number of esters is 1. The molecule has 3 atom stereocenters. The van der Waals surface area contributed by atoms with Crippen LogP contribution in [-0.2, 0) is 19.6 Å². The number of rotatable bonds is 5. The number of fused-ring (bicyclic) bond motifs is 1. The maximum Gasteiger partial charge on any atom is 0.309 e. The molecule has 6 heteroatoms. The normalized spacial score (nSPS) is 27.0. The van der Waals surface area contributed by atoms with Crippen molar-refractivity contribution in [1.82, 2.24) is 3.97 Å². The quantitative estimate of drug-likeness (QED) is 0.735. The predicted molar refractivity (Wildman–Crippen MR) is 105 cm³/mol. The van der Waals surface area contributed by atoms with Crippen LogP contribution in [0.2, 0.25) is 0 Å². The molecular formula is C21H23NO4S. The van der Waals surface area contributed by atoms with Crippen LogP contribution in [0, 0.1) is 5.92 Å². The molecule has 0 N–H and O–H groups in total. The highest BCUT2D eigenvalue weighted by Gasteiger charge is 2.47. The number of hydrogen-bond acceptors (Lipinski definition) is 4. The molecule has 1 fully saturated rings. The summed E-state index contributed by atoms with van der Waals surface area (Å²) in [5.41, 5.74) is 1.58. The van der Waals surface area contributed by atoms with Gasteiger partial charge in [0.05, 0.1) is 18.0 Å². The van der Waals surface area contributed by atoms with E-state index in [0.29, 0.717) is 25.0 Å². The topological polar surface area (TPSA) is 65.4 Å². The molecule has 1 saturated carbocycles. The van der Waals surface area contributed by atoms with Gasteiger partial charge in [0.1, 0.15) is 4.75 Å². The van der Waals surface area contributed by atoms with E-state index in [1.165, 1.54) is 3.97 Å². The maximum atomic E-state index is 13.5. The second kappa shape index (κ2) is 6.37. The van der Waals surface area contributed by atoms with Gasteiger partial charge in [0.25, 0.3) is 0 Å². The van der Waals surface area contributed by atoms with Crippen LogP contribution in [0.15, 0.2) is 54.8 Å². The van der Waals surface area contributed by atoms with Crippen molar-refractivity contribution in [2.75, 3.05) is 6.61 Å². The Bertz CT molecular complexity index is 1060. The van der Waals surface area contributed by atoms with E-state index in [1.807, 2.05) is 36.4 Å². The highest BCUT2D eigenvalue weighted by molar-refractivity contribution is 7.91. The molecule has 5 nitrogen and oxygen atoms in total. The van der Waals surface area contributed by atoms with E-state index in [9.17, 15) is 13.2 Å². The van der Waals surface area contributed by atoms with Crippen LogP contribution in [0.1, 0.15) is 38.2 Å². The number of para-hydroxylation sites is 1. The number of carbonyl (C=O) groups excluding carboxylic acids is 1. The fourth-order valence-electron chi connectivity index (χ4n) is 3.86. The third-order valence-corrected chi connectivity index (χ3v) is 7.86. The standard InChI is InChI=1S/C21H23NO4S/c1-3-26-20(23)18-14-17(18)16-9-7-8-15-10-13-22(19(15)16)27(24,25)21(2)11-5-4-6-12-21/h4-11,13,17-18H,3,12,14H2,1-2H3/t17-,18+,21?/m0/s1. The maximum absolute atomic E-state index is 13.5. The molecular weight excluding hydrogens is 362 g/mol. The lowest BCUT2D eigenvalue weighted by Crippen LogP contribution is -2.37. The summed E-state index contributed by atoms with van der Waals surface area (Å²) in [6, 6.07) is 7.58. The van der Waals surface area contributed by atoms with Crippen molar-refractivity contribution in [2.45, 2.75) is 37.4 Å². The summed E-state index contributed by atoms with van der Waals surface area (Å²) in [6.45, 7) is 3.89. The number of nitrogens with zero attached hydrogens (tertiary/aromatic N) is 1. The van der Waals surface area contributed by atoms with Crippen LogP contribution < -0.4 is 0 Å². The molecule has 142 valence electrons. The first-order valence-electron chi connectivity index (χ1n) is 9.25. The Hall–Kier alpha value is -2.34. The van der Waals surface area contributed by atoms with Gasteiger partial charge in [0, 0.05) is 17.5 Å². The summed E-state index contributed by atoms with van der Waals surface area (Å²) in [6.07, 6.45) is 10.0. The van der Waals surface area contributed by atoms with Crippen molar-refractivity contribution in [1.29, 1.82) is 0 Å². The molecule has 0 amide bonds. The summed E-state index contributed by atoms with van der Waals surface area (Å²) < 4.78 is 32.5. The number of hydrogen-bond donors (Lipinski definition) is 0. The fraction of sp³-hybridized carbons (Fsp3) is 0.381. The number of aromatic nitrogens is 1. The van der Waals surface area contributed by atoms with E-state index in [-0.39, 0.29) is 17.8 Å². The molecule has 27 heavy (non-hydrogen) atoms. The largest absolute Gasteiger partial charge is 0.466 e. The predicted octanol–water partition coefficient (Wildman–Crippen LogP) is 3.76. The molecule has 1 aromatic heterocycles. The molecule has 2 aromatic rings. The fourth-order valence-corrected chi connectivity index (χ4v) is 5.54. The molecule has 1 unspecified atom stereocenters. The lowest BCUT2D eigenvalue weighted by molar-refractivity contribution is -0.144. The number of carbonyl (C=O) groups is 1. The Morgan fingerprint density at radius 2 is 2.11 bits per heavy atom. The van der Waals surface area contributed by atoms with Crippen LogP contribution in [0.5, 0.6) is 0 Å². The minimum absolute atomic E-state index is 0.00574. The monoisotopic (exact) mass is 385 g/mol. The average Bonchev–Trinajstić information content (AvgIpc) is 3.32. The van der Waals surface area contributed by atoms with Gasteiger partial charge < -0.3 is 4.74 Å². The molecule has 0 saturated heterocycles. The Labute approximate surface area is 159 Å². The molecule has 4 rings (SSSR count). The van der Waals surface area contributed by atoms with E-state index in [0.717, 1.165) is 10.9 Å². The smallest absolute Gasteiger partial charge is 0.309 e. The first-order valence-corrected chi connectivity index (χ1v) is 10.7. The van der Waals surface area contributed by atoms with Gasteiger partial charge >= 0.3 is 5.97 Å². The van der Waals surface area contributed by atoms with E-state index in [2.05, 4.69) is 0 Å². The van der Waals surface area contributed by atoms with E-state index >= 15 is 0 Å². The summed E-state index contributed by atoms with van der Waals surface area (Å²) in [5.74, 6) is -0.381. The second-order valence-corrected chi connectivity index (χ2v) is 9.68. The van der Waals surface area contributed by atoms with E-state index in [4.69, 9.17) is 4.74 Å². The lowest BCUT2D eigenvalue weighted by atomic mass is 10.0. The molecule has 0 radical (unpaired) electrons. The van der Waals surface area contributed by atoms with E-state index < -0.39 is 14.8 Å². The minimum atomic E-state index is -3.66. The molecule has 2 aliphatic carbocycles. The molecule has 2 aliphatic rings. The van der Waals surface area contributed by atoms with Gasteiger partial charge in [-0.1, -0.05) is 42.5 Å². The van der Waals surface area contributed by atoms with Gasteiger partial charge in [-0.3, -0.25) is 4.79 Å². The number of ether oxygens (including phenoxy) is 1. The van der Waals surface area contributed by atoms with Crippen LogP contribution in [0.3, 0.4) is 0 Å². The van der Waals surface area contributed by atoms with Gasteiger partial charge in [-0.15, -0.1) is 0 Å².